The van der Waals surface area contributed by atoms with E-state index in [0.717, 1.165) is 25.7 Å². The summed E-state index contributed by atoms with van der Waals surface area (Å²) in [4.78, 5) is 12.1. The van der Waals surface area contributed by atoms with E-state index in [2.05, 4.69) is 5.32 Å². The van der Waals surface area contributed by atoms with E-state index in [1.165, 1.54) is 19.3 Å². The zero-order valence-corrected chi connectivity index (χ0v) is 10.9. The number of nitrogens with one attached hydrogen (secondary N) is 1. The first-order valence-electron chi connectivity index (χ1n) is 7.43. The zero-order chi connectivity index (χ0) is 12.5. The van der Waals surface area contributed by atoms with Crippen LogP contribution in [0.4, 0.5) is 0 Å². The lowest BCUT2D eigenvalue weighted by Gasteiger charge is -2.29. The molecule has 1 amide bonds. The highest BCUT2D eigenvalue weighted by atomic mass is 16.5. The minimum atomic E-state index is 0.179. The summed E-state index contributed by atoms with van der Waals surface area (Å²) in [5, 5.41) is 3.16. The SMILES string of the molecule is NC1CCCCC1CC(=O)NC1CC2CCC1O2. The van der Waals surface area contributed by atoms with Gasteiger partial charge in [0.2, 0.25) is 5.91 Å². The molecule has 0 radical (unpaired) electrons. The van der Waals surface area contributed by atoms with Crippen LogP contribution in [0.5, 0.6) is 0 Å². The zero-order valence-electron chi connectivity index (χ0n) is 10.9. The summed E-state index contributed by atoms with van der Waals surface area (Å²) in [5.41, 5.74) is 6.09. The molecule has 5 atom stereocenters. The summed E-state index contributed by atoms with van der Waals surface area (Å²) in [6.07, 6.45) is 9.21. The van der Waals surface area contributed by atoms with Crippen molar-refractivity contribution in [3.8, 4) is 0 Å². The third kappa shape index (κ3) is 2.54. The van der Waals surface area contributed by atoms with Crippen molar-refractivity contribution < 1.29 is 9.53 Å². The molecule has 2 bridgehead atoms. The third-order valence-corrected chi connectivity index (χ3v) is 4.87. The molecule has 3 N–H and O–H groups in total. The molecule has 3 aliphatic rings. The van der Waals surface area contributed by atoms with Crippen LogP contribution in [-0.4, -0.2) is 30.2 Å². The quantitative estimate of drug-likeness (QED) is 0.796. The molecule has 4 heteroatoms. The van der Waals surface area contributed by atoms with Crippen LogP contribution < -0.4 is 11.1 Å². The summed E-state index contributed by atoms with van der Waals surface area (Å²) < 4.78 is 5.76. The molecule has 1 saturated carbocycles. The fourth-order valence-corrected chi connectivity index (χ4v) is 3.78. The minimum absolute atomic E-state index is 0.179. The minimum Gasteiger partial charge on any atom is -0.373 e. The highest BCUT2D eigenvalue weighted by molar-refractivity contribution is 5.76. The predicted octanol–water partition coefficient (Wildman–Crippen LogP) is 1.33. The number of nitrogens with two attached hydrogens (primary N) is 1. The summed E-state index contributed by atoms with van der Waals surface area (Å²) in [5.74, 6) is 0.566. The maximum absolute atomic E-state index is 12.1. The van der Waals surface area contributed by atoms with Gasteiger partial charge in [0, 0.05) is 12.5 Å². The Balaban J connectivity index is 1.47. The first kappa shape index (κ1) is 12.4. The van der Waals surface area contributed by atoms with Gasteiger partial charge in [0.1, 0.15) is 0 Å². The number of hydrogen-bond donors (Lipinski definition) is 2. The molecule has 102 valence electrons. The van der Waals surface area contributed by atoms with Crippen LogP contribution in [0, 0.1) is 5.92 Å². The third-order valence-electron chi connectivity index (χ3n) is 4.87. The van der Waals surface area contributed by atoms with Crippen LogP contribution in [0.3, 0.4) is 0 Å². The second kappa shape index (κ2) is 5.17. The summed E-state index contributed by atoms with van der Waals surface area (Å²) in [7, 11) is 0. The Kier molecular flexibility index (Phi) is 3.57. The van der Waals surface area contributed by atoms with E-state index in [9.17, 15) is 4.79 Å². The first-order chi connectivity index (χ1) is 8.72. The number of carbonyl (C=O) groups excluding carboxylic acids is 1. The van der Waals surface area contributed by atoms with Crippen molar-refractivity contribution in [3.05, 3.63) is 0 Å². The topological polar surface area (TPSA) is 64.4 Å². The van der Waals surface area contributed by atoms with Crippen LogP contribution in [0.1, 0.15) is 51.4 Å². The van der Waals surface area contributed by atoms with Crippen molar-refractivity contribution in [3.63, 3.8) is 0 Å². The molecule has 5 unspecified atom stereocenters. The molecule has 18 heavy (non-hydrogen) atoms. The van der Waals surface area contributed by atoms with Crippen molar-refractivity contribution in [1.82, 2.24) is 5.32 Å². The van der Waals surface area contributed by atoms with E-state index >= 15 is 0 Å². The van der Waals surface area contributed by atoms with Gasteiger partial charge in [-0.3, -0.25) is 4.79 Å². The van der Waals surface area contributed by atoms with Crippen LogP contribution in [0.2, 0.25) is 0 Å². The van der Waals surface area contributed by atoms with Crippen LogP contribution >= 0.6 is 0 Å². The Bertz CT molecular complexity index is 315. The monoisotopic (exact) mass is 252 g/mol. The predicted molar refractivity (Wildman–Crippen MR) is 69.0 cm³/mol. The van der Waals surface area contributed by atoms with Gasteiger partial charge in [-0.1, -0.05) is 12.8 Å². The Morgan fingerprint density at radius 1 is 1.22 bits per heavy atom. The highest BCUT2D eigenvalue weighted by Crippen LogP contribution is 2.34. The largest absolute Gasteiger partial charge is 0.373 e. The maximum Gasteiger partial charge on any atom is 0.220 e. The van der Waals surface area contributed by atoms with Gasteiger partial charge in [-0.05, 0) is 38.0 Å². The lowest BCUT2D eigenvalue weighted by Crippen LogP contribution is -2.44. The van der Waals surface area contributed by atoms with Gasteiger partial charge in [0.15, 0.2) is 0 Å². The van der Waals surface area contributed by atoms with Crippen molar-refractivity contribution in [2.24, 2.45) is 11.7 Å². The summed E-state index contributed by atoms with van der Waals surface area (Å²) in [6.45, 7) is 0. The van der Waals surface area contributed by atoms with Gasteiger partial charge in [-0.15, -0.1) is 0 Å². The Morgan fingerprint density at radius 2 is 2.06 bits per heavy atom. The van der Waals surface area contributed by atoms with Gasteiger partial charge < -0.3 is 15.8 Å². The molecule has 0 aromatic heterocycles. The molecular formula is C14H24N2O2. The second-order valence-electron chi connectivity index (χ2n) is 6.20. The molecular weight excluding hydrogens is 228 g/mol. The fraction of sp³-hybridized carbons (Fsp3) is 0.929. The van der Waals surface area contributed by atoms with E-state index in [4.69, 9.17) is 10.5 Å². The van der Waals surface area contributed by atoms with Crippen LogP contribution in [-0.2, 0) is 9.53 Å². The van der Waals surface area contributed by atoms with Gasteiger partial charge in [0.05, 0.1) is 18.2 Å². The molecule has 2 saturated heterocycles. The number of carbonyl (C=O) groups is 1. The summed E-state index contributed by atoms with van der Waals surface area (Å²) >= 11 is 0. The first-order valence-corrected chi connectivity index (χ1v) is 7.43. The average molecular weight is 252 g/mol. The van der Waals surface area contributed by atoms with Crippen LogP contribution in [0.25, 0.3) is 0 Å². The van der Waals surface area contributed by atoms with Gasteiger partial charge in [-0.25, -0.2) is 0 Å². The molecule has 2 aliphatic heterocycles. The lowest BCUT2D eigenvalue weighted by molar-refractivity contribution is -0.123. The van der Waals surface area contributed by atoms with Gasteiger partial charge in [0.25, 0.3) is 0 Å². The highest BCUT2D eigenvalue weighted by Gasteiger charge is 2.41. The lowest BCUT2D eigenvalue weighted by atomic mass is 9.82. The molecule has 0 aromatic rings. The molecule has 0 spiro atoms. The van der Waals surface area contributed by atoms with E-state index in [1.54, 1.807) is 0 Å². The number of rotatable bonds is 3. The Labute approximate surface area is 109 Å². The Hall–Kier alpha value is -0.610. The number of fused-ring (bicyclic) bond motifs is 2. The van der Waals surface area contributed by atoms with Crippen molar-refractivity contribution in [1.29, 1.82) is 0 Å². The number of amides is 1. The Morgan fingerprint density at radius 3 is 2.72 bits per heavy atom. The number of hydrogen-bond acceptors (Lipinski definition) is 3. The van der Waals surface area contributed by atoms with Crippen molar-refractivity contribution in [2.45, 2.75) is 75.7 Å². The fourth-order valence-electron chi connectivity index (χ4n) is 3.78. The normalized spacial score (nSPS) is 43.1. The molecule has 0 aromatic carbocycles. The molecule has 2 heterocycles. The average Bonchev–Trinajstić information content (AvgIpc) is 2.94. The molecule has 1 aliphatic carbocycles. The van der Waals surface area contributed by atoms with Gasteiger partial charge >= 0.3 is 0 Å². The van der Waals surface area contributed by atoms with Gasteiger partial charge in [-0.2, -0.15) is 0 Å². The molecule has 3 fully saturated rings. The standard InChI is InChI=1S/C14H24N2O2/c15-11-4-2-1-3-9(11)7-14(17)16-12-8-10-5-6-13(12)18-10/h9-13H,1-8,15H2,(H,16,17). The second-order valence-corrected chi connectivity index (χ2v) is 6.20. The van der Waals surface area contributed by atoms with E-state index in [-0.39, 0.29) is 24.1 Å². The molecule has 4 nitrogen and oxygen atoms in total. The van der Waals surface area contributed by atoms with E-state index < -0.39 is 0 Å². The molecule has 3 rings (SSSR count). The van der Waals surface area contributed by atoms with Crippen molar-refractivity contribution in [2.75, 3.05) is 0 Å². The summed E-state index contributed by atoms with van der Waals surface area (Å²) in [6, 6.07) is 0.483. The van der Waals surface area contributed by atoms with Crippen molar-refractivity contribution >= 4 is 5.91 Å². The maximum atomic E-state index is 12.1. The smallest absolute Gasteiger partial charge is 0.220 e. The van der Waals surface area contributed by atoms with E-state index in [1.807, 2.05) is 0 Å². The van der Waals surface area contributed by atoms with E-state index in [0.29, 0.717) is 18.4 Å². The van der Waals surface area contributed by atoms with Crippen LogP contribution in [0.15, 0.2) is 0 Å². The number of ether oxygens (including phenoxy) is 1.